The smallest absolute Gasteiger partial charge is 0.145 e. The van der Waals surface area contributed by atoms with Crippen LogP contribution in [0.5, 0.6) is 5.75 Å². The molecule has 2 heterocycles. The minimum atomic E-state index is 0.650. The fourth-order valence-corrected chi connectivity index (χ4v) is 2.66. The summed E-state index contributed by atoms with van der Waals surface area (Å²) in [5, 5.41) is 4.53. The predicted molar refractivity (Wildman–Crippen MR) is 98.9 cm³/mol. The van der Waals surface area contributed by atoms with Gasteiger partial charge in [0.1, 0.15) is 17.1 Å². The molecule has 0 unspecified atom stereocenters. The van der Waals surface area contributed by atoms with Crippen molar-refractivity contribution in [2.45, 2.75) is 13.5 Å². The minimum Gasteiger partial charge on any atom is -0.494 e. The largest absolute Gasteiger partial charge is 0.494 e. The van der Waals surface area contributed by atoms with Gasteiger partial charge in [0.25, 0.3) is 0 Å². The highest BCUT2D eigenvalue weighted by Crippen LogP contribution is 2.30. The molecule has 0 spiro atoms. The van der Waals surface area contributed by atoms with Crippen molar-refractivity contribution in [3.63, 3.8) is 0 Å². The van der Waals surface area contributed by atoms with E-state index in [0.717, 1.165) is 39.5 Å². The Morgan fingerprint density at radius 1 is 1.08 bits per heavy atom. The topological polar surface area (TPSA) is 50.3 Å². The monoisotopic (exact) mass is 322 g/mol. The van der Waals surface area contributed by atoms with E-state index in [4.69, 9.17) is 4.74 Å². The van der Waals surface area contributed by atoms with Crippen LogP contribution >= 0.6 is 0 Å². The van der Waals surface area contributed by atoms with Crippen molar-refractivity contribution in [2.75, 3.05) is 31.4 Å². The lowest BCUT2D eigenvalue weighted by Crippen LogP contribution is -2.12. The zero-order valence-corrected chi connectivity index (χ0v) is 14.5. The fraction of sp³-hybridized carbons (Fsp3) is 0.263. The molecule has 2 aromatic heterocycles. The Kier molecular flexibility index (Phi) is 4.51. The molecule has 24 heavy (non-hydrogen) atoms. The van der Waals surface area contributed by atoms with Gasteiger partial charge in [-0.3, -0.25) is 0 Å². The van der Waals surface area contributed by atoms with E-state index >= 15 is 0 Å². The Labute approximate surface area is 142 Å². The van der Waals surface area contributed by atoms with Gasteiger partial charge in [0.05, 0.1) is 19.3 Å². The maximum absolute atomic E-state index is 5.43. The van der Waals surface area contributed by atoms with Gasteiger partial charge in [-0.15, -0.1) is 0 Å². The quantitative estimate of drug-likeness (QED) is 0.777. The predicted octanol–water partition coefficient (Wildman–Crippen LogP) is 3.62. The molecule has 0 radical (unpaired) electrons. The van der Waals surface area contributed by atoms with Gasteiger partial charge in [-0.05, 0) is 31.2 Å². The summed E-state index contributed by atoms with van der Waals surface area (Å²) in [6.45, 7) is 2.64. The summed E-state index contributed by atoms with van der Waals surface area (Å²) in [6, 6.07) is 14.1. The number of para-hydroxylation sites is 1. The van der Waals surface area contributed by atoms with Crippen LogP contribution in [-0.4, -0.2) is 31.2 Å². The van der Waals surface area contributed by atoms with Gasteiger partial charge in [-0.2, -0.15) is 0 Å². The number of hydrogen-bond donors (Lipinski definition) is 1. The molecule has 5 heteroatoms. The van der Waals surface area contributed by atoms with Crippen LogP contribution in [0, 0.1) is 6.92 Å². The van der Waals surface area contributed by atoms with Crippen LogP contribution in [0.4, 0.5) is 11.5 Å². The van der Waals surface area contributed by atoms with Crippen molar-refractivity contribution in [3.05, 3.63) is 53.9 Å². The second-order valence-corrected chi connectivity index (χ2v) is 5.90. The van der Waals surface area contributed by atoms with Gasteiger partial charge in [-0.25, -0.2) is 9.97 Å². The molecule has 0 fully saturated rings. The van der Waals surface area contributed by atoms with Gasteiger partial charge >= 0.3 is 0 Å². The highest BCUT2D eigenvalue weighted by molar-refractivity contribution is 5.95. The van der Waals surface area contributed by atoms with Crippen LogP contribution in [0.15, 0.2) is 42.5 Å². The highest BCUT2D eigenvalue weighted by atomic mass is 16.5. The Morgan fingerprint density at radius 2 is 1.88 bits per heavy atom. The lowest BCUT2D eigenvalue weighted by atomic mass is 10.1. The van der Waals surface area contributed by atoms with Gasteiger partial charge in [0.2, 0.25) is 0 Å². The van der Waals surface area contributed by atoms with Crippen LogP contribution < -0.4 is 15.0 Å². The number of benzene rings is 1. The van der Waals surface area contributed by atoms with Crippen molar-refractivity contribution < 1.29 is 4.74 Å². The van der Waals surface area contributed by atoms with E-state index in [1.54, 1.807) is 7.11 Å². The number of fused-ring (bicyclic) bond motifs is 1. The van der Waals surface area contributed by atoms with E-state index in [2.05, 4.69) is 27.4 Å². The molecule has 3 rings (SSSR count). The van der Waals surface area contributed by atoms with E-state index in [0.29, 0.717) is 6.54 Å². The van der Waals surface area contributed by atoms with Crippen molar-refractivity contribution in [1.82, 2.24) is 9.97 Å². The molecular weight excluding hydrogens is 300 g/mol. The van der Waals surface area contributed by atoms with Crippen molar-refractivity contribution in [2.24, 2.45) is 0 Å². The number of aryl methyl sites for hydroxylation is 1. The third-order valence-electron chi connectivity index (χ3n) is 3.86. The lowest BCUT2D eigenvalue weighted by molar-refractivity contribution is 0.419. The van der Waals surface area contributed by atoms with E-state index in [1.807, 2.05) is 56.3 Å². The lowest BCUT2D eigenvalue weighted by Gasteiger charge is -2.14. The van der Waals surface area contributed by atoms with E-state index in [9.17, 15) is 0 Å². The van der Waals surface area contributed by atoms with Crippen LogP contribution in [0.2, 0.25) is 0 Å². The van der Waals surface area contributed by atoms with Crippen LogP contribution in [-0.2, 0) is 6.54 Å². The van der Waals surface area contributed by atoms with Crippen LogP contribution in [0.25, 0.3) is 10.9 Å². The molecule has 3 aromatic rings. The zero-order chi connectivity index (χ0) is 17.1. The van der Waals surface area contributed by atoms with Crippen LogP contribution in [0.3, 0.4) is 0 Å². The number of anilines is 2. The zero-order valence-electron chi connectivity index (χ0n) is 14.5. The summed E-state index contributed by atoms with van der Waals surface area (Å²) in [4.78, 5) is 11.3. The number of rotatable bonds is 5. The molecule has 5 nitrogen and oxygen atoms in total. The van der Waals surface area contributed by atoms with E-state index in [-0.39, 0.29) is 0 Å². The first-order valence-electron chi connectivity index (χ1n) is 7.90. The van der Waals surface area contributed by atoms with E-state index < -0.39 is 0 Å². The average Bonchev–Trinajstić information content (AvgIpc) is 2.59. The number of methoxy groups -OCH3 is 1. The molecule has 0 amide bonds. The molecule has 1 aromatic carbocycles. The van der Waals surface area contributed by atoms with Crippen molar-refractivity contribution in [3.8, 4) is 5.75 Å². The highest BCUT2D eigenvalue weighted by Gasteiger charge is 2.09. The molecule has 0 saturated carbocycles. The van der Waals surface area contributed by atoms with Crippen molar-refractivity contribution in [1.29, 1.82) is 0 Å². The number of ether oxygens (including phenoxy) is 1. The number of nitrogens with one attached hydrogen (secondary N) is 1. The molecule has 1 N–H and O–H groups in total. The summed E-state index contributed by atoms with van der Waals surface area (Å²) in [5.74, 6) is 1.73. The Balaban J connectivity index is 1.92. The summed E-state index contributed by atoms with van der Waals surface area (Å²) >= 11 is 0. The molecule has 0 saturated heterocycles. The SMILES string of the molecule is COc1cccc2c(NCc3cccc(N(C)C)n3)cc(C)nc12. The van der Waals surface area contributed by atoms with Gasteiger partial charge in [0.15, 0.2) is 0 Å². The Hall–Kier alpha value is -2.82. The maximum atomic E-state index is 5.43. The normalized spacial score (nSPS) is 10.7. The minimum absolute atomic E-state index is 0.650. The first-order chi connectivity index (χ1) is 11.6. The first-order valence-corrected chi connectivity index (χ1v) is 7.90. The summed E-state index contributed by atoms with van der Waals surface area (Å²) in [7, 11) is 5.65. The maximum Gasteiger partial charge on any atom is 0.145 e. The number of pyridine rings is 2. The standard InChI is InChI=1S/C19H22N4O/c1-13-11-16(15-8-6-9-17(24-4)19(15)21-13)20-12-14-7-5-10-18(22-14)23(2)3/h5-11H,12H2,1-4H3,(H,20,21). The average molecular weight is 322 g/mol. The molecule has 0 atom stereocenters. The van der Waals surface area contributed by atoms with Crippen molar-refractivity contribution >= 4 is 22.4 Å². The molecule has 0 aliphatic rings. The number of hydrogen-bond acceptors (Lipinski definition) is 5. The summed E-state index contributed by atoms with van der Waals surface area (Å²) in [6.07, 6.45) is 0. The number of aromatic nitrogens is 2. The third-order valence-corrected chi connectivity index (χ3v) is 3.86. The molecule has 0 aliphatic heterocycles. The van der Waals surface area contributed by atoms with Crippen LogP contribution in [0.1, 0.15) is 11.4 Å². The number of nitrogens with zero attached hydrogens (tertiary/aromatic N) is 3. The molecular formula is C19H22N4O. The molecule has 0 aliphatic carbocycles. The van der Waals surface area contributed by atoms with Gasteiger partial charge < -0.3 is 15.0 Å². The molecule has 0 bridgehead atoms. The second-order valence-electron chi connectivity index (χ2n) is 5.90. The Morgan fingerprint density at radius 3 is 2.62 bits per heavy atom. The molecule has 124 valence electrons. The third kappa shape index (κ3) is 3.25. The van der Waals surface area contributed by atoms with E-state index in [1.165, 1.54) is 0 Å². The van der Waals surface area contributed by atoms with Gasteiger partial charge in [0, 0.05) is 30.9 Å². The summed E-state index contributed by atoms with van der Waals surface area (Å²) < 4.78 is 5.43. The van der Waals surface area contributed by atoms with Gasteiger partial charge in [-0.1, -0.05) is 18.2 Å². The second kappa shape index (κ2) is 6.74. The first kappa shape index (κ1) is 16.1. The Bertz CT molecular complexity index is 861. The summed E-state index contributed by atoms with van der Waals surface area (Å²) in [5.41, 5.74) is 3.85. The fourth-order valence-electron chi connectivity index (χ4n) is 2.66.